The van der Waals surface area contributed by atoms with Gasteiger partial charge in [-0.05, 0) is 30.5 Å². The van der Waals surface area contributed by atoms with Gasteiger partial charge in [0.15, 0.2) is 6.61 Å². The first-order valence-corrected chi connectivity index (χ1v) is 12.1. The summed E-state index contributed by atoms with van der Waals surface area (Å²) in [5.74, 6) is -2.20. The van der Waals surface area contributed by atoms with Crippen molar-refractivity contribution >= 4 is 35.5 Å². The van der Waals surface area contributed by atoms with Crippen LogP contribution >= 0.6 is 0 Å². The van der Waals surface area contributed by atoms with Crippen LogP contribution in [0, 0.1) is 0 Å². The Hall–Kier alpha value is -4.67. The van der Waals surface area contributed by atoms with Crippen LogP contribution in [0.4, 0.5) is 10.5 Å². The average Bonchev–Trinajstić information content (AvgIpc) is 3.22. The molecule has 0 aromatic heterocycles. The van der Waals surface area contributed by atoms with Crippen LogP contribution < -0.4 is 10.6 Å². The van der Waals surface area contributed by atoms with Gasteiger partial charge >= 0.3 is 12.1 Å². The van der Waals surface area contributed by atoms with E-state index in [1.54, 1.807) is 30.3 Å². The first-order chi connectivity index (χ1) is 18.2. The molecule has 1 unspecified atom stereocenters. The summed E-state index contributed by atoms with van der Waals surface area (Å²) in [4.78, 5) is 64.5. The van der Waals surface area contributed by atoms with Gasteiger partial charge in [0, 0.05) is 42.1 Å². The van der Waals surface area contributed by atoms with Gasteiger partial charge in [-0.15, -0.1) is 0 Å². The van der Waals surface area contributed by atoms with E-state index in [-0.39, 0.29) is 37.9 Å². The number of ether oxygens (including phenoxy) is 1. The molecule has 2 aliphatic rings. The molecule has 11 nitrogen and oxygen atoms in total. The summed E-state index contributed by atoms with van der Waals surface area (Å²) in [6.45, 7) is 3.43. The number of hydrogen-bond donors (Lipinski definition) is 3. The lowest BCUT2D eigenvalue weighted by atomic mass is 10.0. The molecule has 1 atom stereocenters. The largest absolute Gasteiger partial charge is 0.481 e. The highest BCUT2D eigenvalue weighted by molar-refractivity contribution is 6.03. The number of fused-ring (bicyclic) bond motifs is 1. The molecule has 2 aromatic carbocycles. The maximum Gasteiger partial charge on any atom is 0.412 e. The van der Waals surface area contributed by atoms with Gasteiger partial charge in [-0.2, -0.15) is 0 Å². The van der Waals surface area contributed by atoms with Gasteiger partial charge < -0.3 is 25.0 Å². The van der Waals surface area contributed by atoms with Crippen molar-refractivity contribution < 1.29 is 33.8 Å². The standard InChI is InChI=1S/C27H28N4O7/c1-17-10-11-22(25(35)28-17)31-15-20-19(26(31)36)8-5-9-21(20)29-27(37)38-16-23(32)30(13-12-24(33)34)14-18-6-3-2-4-7-18/h2-9,22H,1,10-16H2,(H,28,35)(H,29,37)(H,33,34). The van der Waals surface area contributed by atoms with Crippen LogP contribution in [-0.2, 0) is 32.2 Å². The smallest absolute Gasteiger partial charge is 0.412 e. The second-order valence-electron chi connectivity index (χ2n) is 9.06. The van der Waals surface area contributed by atoms with Gasteiger partial charge in [0.05, 0.1) is 6.42 Å². The third-order valence-corrected chi connectivity index (χ3v) is 6.42. The fraction of sp³-hybridized carbons (Fsp3) is 0.296. The Bertz CT molecular complexity index is 1280. The van der Waals surface area contributed by atoms with Crippen LogP contribution in [0.2, 0.25) is 0 Å². The monoisotopic (exact) mass is 520 g/mol. The topological polar surface area (TPSA) is 145 Å². The van der Waals surface area contributed by atoms with E-state index >= 15 is 0 Å². The van der Waals surface area contributed by atoms with Gasteiger partial charge in [0.2, 0.25) is 5.91 Å². The highest BCUT2D eigenvalue weighted by atomic mass is 16.6. The van der Waals surface area contributed by atoms with Gasteiger partial charge in [-0.3, -0.25) is 24.5 Å². The molecule has 4 amide bonds. The average molecular weight is 521 g/mol. The summed E-state index contributed by atoms with van der Waals surface area (Å²) in [5.41, 5.74) is 2.67. The molecule has 4 rings (SSSR count). The third-order valence-electron chi connectivity index (χ3n) is 6.42. The Balaban J connectivity index is 1.38. The highest BCUT2D eigenvalue weighted by Crippen LogP contribution is 2.32. The molecule has 2 aromatic rings. The molecule has 0 spiro atoms. The molecule has 11 heteroatoms. The number of carbonyl (C=O) groups is 5. The lowest BCUT2D eigenvalue weighted by Crippen LogP contribution is -2.49. The molecule has 2 aliphatic heterocycles. The number of aliphatic carboxylic acids is 1. The molecule has 1 fully saturated rings. The van der Waals surface area contributed by atoms with Crippen LogP contribution in [-0.4, -0.2) is 63.9 Å². The molecule has 0 saturated carbocycles. The zero-order chi connectivity index (χ0) is 27.2. The Labute approximate surface area is 219 Å². The molecule has 0 bridgehead atoms. The highest BCUT2D eigenvalue weighted by Gasteiger charge is 2.39. The fourth-order valence-corrected chi connectivity index (χ4v) is 4.47. The second kappa shape index (κ2) is 11.6. The zero-order valence-corrected chi connectivity index (χ0v) is 20.6. The number of amides is 4. The Morgan fingerprint density at radius 2 is 1.89 bits per heavy atom. The number of nitrogens with zero attached hydrogens (tertiary/aromatic N) is 2. The number of hydrogen-bond acceptors (Lipinski definition) is 6. The van der Waals surface area contributed by atoms with E-state index in [0.29, 0.717) is 35.4 Å². The molecule has 38 heavy (non-hydrogen) atoms. The molecule has 3 N–H and O–H groups in total. The molecule has 1 saturated heterocycles. The van der Waals surface area contributed by atoms with Gasteiger partial charge in [-0.1, -0.05) is 43.0 Å². The normalized spacial score (nSPS) is 16.5. The number of carbonyl (C=O) groups excluding carboxylic acids is 4. The summed E-state index contributed by atoms with van der Waals surface area (Å²) in [7, 11) is 0. The van der Waals surface area contributed by atoms with Crippen molar-refractivity contribution in [1.29, 1.82) is 0 Å². The number of nitrogens with one attached hydrogen (secondary N) is 2. The number of anilines is 1. The number of benzene rings is 2. The first-order valence-electron chi connectivity index (χ1n) is 12.1. The van der Waals surface area contributed by atoms with Crippen molar-refractivity contribution in [2.24, 2.45) is 0 Å². The van der Waals surface area contributed by atoms with Crippen LogP contribution in [0.1, 0.15) is 40.7 Å². The number of carboxylic acids is 1. The molecular formula is C27H28N4O7. The number of rotatable bonds is 9. The predicted molar refractivity (Wildman–Crippen MR) is 136 cm³/mol. The van der Waals surface area contributed by atoms with Crippen molar-refractivity contribution in [3.05, 3.63) is 77.5 Å². The lowest BCUT2D eigenvalue weighted by molar-refractivity contribution is -0.139. The van der Waals surface area contributed by atoms with Crippen LogP contribution in [0.15, 0.2) is 60.8 Å². The summed E-state index contributed by atoms with van der Waals surface area (Å²) >= 11 is 0. The summed E-state index contributed by atoms with van der Waals surface area (Å²) < 4.78 is 5.13. The maximum atomic E-state index is 13.0. The SMILES string of the molecule is C=C1CCC(N2Cc3c(NC(=O)OCC(=O)N(CCC(=O)O)Cc4ccccc4)cccc3C2=O)C(=O)N1. The van der Waals surface area contributed by atoms with Crippen molar-refractivity contribution in [3.8, 4) is 0 Å². The summed E-state index contributed by atoms with van der Waals surface area (Å²) in [6.07, 6.45) is -0.130. The Morgan fingerprint density at radius 1 is 1.13 bits per heavy atom. The lowest BCUT2D eigenvalue weighted by Gasteiger charge is -2.31. The van der Waals surface area contributed by atoms with Gasteiger partial charge in [0.25, 0.3) is 11.8 Å². The quantitative estimate of drug-likeness (QED) is 0.461. The fourth-order valence-electron chi connectivity index (χ4n) is 4.47. The van der Waals surface area contributed by atoms with Crippen molar-refractivity contribution in [3.63, 3.8) is 0 Å². The summed E-state index contributed by atoms with van der Waals surface area (Å²) in [6, 6.07) is 13.3. The minimum atomic E-state index is -1.05. The second-order valence-corrected chi connectivity index (χ2v) is 9.06. The molecule has 198 valence electrons. The predicted octanol–water partition coefficient (Wildman–Crippen LogP) is 2.49. The van der Waals surface area contributed by atoms with Crippen LogP contribution in [0.5, 0.6) is 0 Å². The van der Waals surface area contributed by atoms with Crippen LogP contribution in [0.3, 0.4) is 0 Å². The van der Waals surface area contributed by atoms with Gasteiger partial charge in [0.1, 0.15) is 6.04 Å². The minimum absolute atomic E-state index is 0.0414. The third kappa shape index (κ3) is 6.17. The van der Waals surface area contributed by atoms with E-state index in [1.807, 2.05) is 18.2 Å². The number of allylic oxidation sites excluding steroid dienone is 1. The van der Waals surface area contributed by atoms with E-state index in [2.05, 4.69) is 17.2 Å². The Kier molecular flexibility index (Phi) is 8.05. The summed E-state index contributed by atoms with van der Waals surface area (Å²) in [5, 5.41) is 14.3. The van der Waals surface area contributed by atoms with Crippen molar-refractivity contribution in [1.82, 2.24) is 15.1 Å². The van der Waals surface area contributed by atoms with Crippen molar-refractivity contribution in [2.75, 3.05) is 18.5 Å². The van der Waals surface area contributed by atoms with Gasteiger partial charge in [-0.25, -0.2) is 4.79 Å². The van der Waals surface area contributed by atoms with E-state index < -0.39 is 30.6 Å². The maximum absolute atomic E-state index is 13.0. The van der Waals surface area contributed by atoms with E-state index in [0.717, 1.165) is 5.56 Å². The molecule has 0 aliphatic carbocycles. The first kappa shape index (κ1) is 26.4. The number of piperidine rings is 1. The number of carboxylic acid groups (broad SMARTS) is 1. The van der Waals surface area contributed by atoms with Crippen molar-refractivity contribution in [2.45, 2.75) is 38.4 Å². The Morgan fingerprint density at radius 3 is 2.61 bits per heavy atom. The molecule has 2 heterocycles. The van der Waals surface area contributed by atoms with E-state index in [1.165, 1.54) is 9.80 Å². The minimum Gasteiger partial charge on any atom is -0.481 e. The van der Waals surface area contributed by atoms with E-state index in [4.69, 9.17) is 9.84 Å². The zero-order valence-electron chi connectivity index (χ0n) is 20.6. The molecular weight excluding hydrogens is 492 g/mol. The molecule has 0 radical (unpaired) electrons. The van der Waals surface area contributed by atoms with Crippen LogP contribution in [0.25, 0.3) is 0 Å². The van der Waals surface area contributed by atoms with E-state index in [9.17, 15) is 24.0 Å².